The minimum atomic E-state index is -4.27. The van der Waals surface area contributed by atoms with E-state index in [9.17, 15) is 27.6 Å². The van der Waals surface area contributed by atoms with Gasteiger partial charge in [-0.05, 0) is 68.0 Å². The van der Waals surface area contributed by atoms with Gasteiger partial charge >= 0.3 is 18.3 Å². The summed E-state index contributed by atoms with van der Waals surface area (Å²) in [6.07, 6.45) is 6.13. The van der Waals surface area contributed by atoms with Crippen LogP contribution in [0.4, 0.5) is 9.59 Å². The summed E-state index contributed by atoms with van der Waals surface area (Å²) in [6, 6.07) is 7.02. The Hall–Kier alpha value is -2.97. The fourth-order valence-electron chi connectivity index (χ4n) is 5.14. The molecule has 3 rings (SSSR count). The van der Waals surface area contributed by atoms with Crippen molar-refractivity contribution in [2.24, 2.45) is 11.8 Å². The minimum absolute atomic E-state index is 0.139. The summed E-state index contributed by atoms with van der Waals surface area (Å²) in [5.41, 5.74) is 0.406. The maximum Gasteiger partial charge on any atom is 0.513 e. The maximum atomic E-state index is 13.4. The molecule has 0 aliphatic carbocycles. The zero-order chi connectivity index (χ0) is 43.6. The molecular weight excluding hydrogens is 901 g/mol. The predicted molar refractivity (Wildman–Crippen MR) is 227 cm³/mol. The fraction of sp³-hybridized carbons (Fsp3) is 0.450. The first-order valence-corrected chi connectivity index (χ1v) is 22.3. The molecule has 58 heavy (non-hydrogen) atoms. The van der Waals surface area contributed by atoms with E-state index in [1.165, 1.54) is 12.1 Å². The van der Waals surface area contributed by atoms with Gasteiger partial charge in [0.15, 0.2) is 17.8 Å². The van der Waals surface area contributed by atoms with Crippen LogP contribution >= 0.6 is 69.6 Å². The van der Waals surface area contributed by atoms with Crippen molar-refractivity contribution in [1.29, 1.82) is 0 Å². The second kappa shape index (κ2) is 25.6. The Morgan fingerprint density at radius 1 is 0.603 bits per heavy atom. The van der Waals surface area contributed by atoms with E-state index in [0.29, 0.717) is 6.29 Å². The highest BCUT2D eigenvalue weighted by molar-refractivity contribution is 7.91. The number of aldehydes is 1. The minimum Gasteiger partial charge on any atom is -0.462 e. The first kappa shape index (κ1) is 51.2. The van der Waals surface area contributed by atoms with Gasteiger partial charge in [0.2, 0.25) is 9.84 Å². The molecule has 0 bridgehead atoms. The van der Waals surface area contributed by atoms with E-state index in [0.717, 1.165) is 75.6 Å². The number of carbonyl (C=O) groups excluding carboxylic acids is 4. The fourth-order valence-corrected chi connectivity index (χ4v) is 8.46. The van der Waals surface area contributed by atoms with Crippen LogP contribution in [0.1, 0.15) is 107 Å². The quantitative estimate of drug-likeness (QED) is 0.0489. The first-order valence-electron chi connectivity index (χ1n) is 18.5. The molecule has 0 spiro atoms. The van der Waals surface area contributed by atoms with Crippen molar-refractivity contribution in [3.05, 3.63) is 77.7 Å². The van der Waals surface area contributed by atoms with Gasteiger partial charge in [-0.2, -0.15) is 0 Å². The number of carbonyl (C=O) groups is 4. The molecule has 320 valence electrons. The molecule has 0 radical (unpaired) electrons. The van der Waals surface area contributed by atoms with Crippen LogP contribution in [0.5, 0.6) is 11.5 Å². The summed E-state index contributed by atoms with van der Waals surface area (Å²) >= 11 is 36.6. The molecule has 0 saturated carbocycles. The molecule has 0 aliphatic rings. The third-order valence-electron chi connectivity index (χ3n) is 8.60. The standard InChI is InChI=1S/C30H38Cl4O8S.C10H8Cl2O3/c1-5-9-11-19(7-3)17-39-29(35)41-27-23(31)13-21(14-24(27)32)43(37,38)22-15-25(33)28(26(34)16-22)42-30(36)40-18-20(8-4)12-10-6-2;1-2-15-10(14)6-3-8(11)7(5-13)9(12)4-6/h13-16,19-20H,5-12,17-18H2,1-4H3;3-5H,2H2,1H3. The van der Waals surface area contributed by atoms with Gasteiger partial charge in [0.05, 0.1) is 70.9 Å². The van der Waals surface area contributed by atoms with Gasteiger partial charge in [-0.1, -0.05) is 136 Å². The molecule has 0 heterocycles. The molecule has 0 aliphatic heterocycles. The van der Waals surface area contributed by atoms with Crippen LogP contribution < -0.4 is 9.47 Å². The molecule has 2 unspecified atom stereocenters. The van der Waals surface area contributed by atoms with Crippen LogP contribution in [0.15, 0.2) is 46.2 Å². The number of hydrogen-bond donors (Lipinski definition) is 0. The van der Waals surface area contributed by atoms with Crippen molar-refractivity contribution in [3.8, 4) is 11.5 Å². The van der Waals surface area contributed by atoms with Gasteiger partial charge in [0.25, 0.3) is 0 Å². The van der Waals surface area contributed by atoms with Crippen LogP contribution in [0.2, 0.25) is 30.1 Å². The SMILES string of the molecule is CCCCC(CC)COC(=O)Oc1c(Cl)cc(S(=O)(=O)c2cc(Cl)c(OC(=O)OCC(CC)CCCC)c(Cl)c2)cc1Cl.CCOC(=O)c1cc(Cl)c(C=O)c(Cl)c1. The number of esters is 1. The predicted octanol–water partition coefficient (Wildman–Crippen LogP) is 13.6. The van der Waals surface area contributed by atoms with Gasteiger partial charge in [0, 0.05) is 0 Å². The summed E-state index contributed by atoms with van der Waals surface area (Å²) in [5.74, 6) is -0.620. The smallest absolute Gasteiger partial charge is 0.462 e. The molecule has 3 aromatic carbocycles. The Morgan fingerprint density at radius 3 is 1.29 bits per heavy atom. The van der Waals surface area contributed by atoms with Crippen LogP contribution in [0.3, 0.4) is 0 Å². The first-order chi connectivity index (χ1) is 27.5. The summed E-state index contributed by atoms with van der Waals surface area (Å²) in [7, 11) is -4.27. The van der Waals surface area contributed by atoms with Crippen molar-refractivity contribution in [2.45, 2.75) is 95.8 Å². The van der Waals surface area contributed by atoms with Crippen molar-refractivity contribution in [2.75, 3.05) is 19.8 Å². The van der Waals surface area contributed by atoms with Crippen LogP contribution in [0, 0.1) is 11.8 Å². The van der Waals surface area contributed by atoms with E-state index in [4.69, 9.17) is 93.3 Å². The van der Waals surface area contributed by atoms with Gasteiger partial charge < -0.3 is 23.7 Å². The number of sulfone groups is 1. The number of rotatable bonds is 19. The highest BCUT2D eigenvalue weighted by Crippen LogP contribution is 2.41. The second-order valence-corrected chi connectivity index (χ2v) is 17.2. The Morgan fingerprint density at radius 2 is 0.983 bits per heavy atom. The van der Waals surface area contributed by atoms with E-state index >= 15 is 0 Å². The Bertz CT molecular complexity index is 1830. The topological polar surface area (TPSA) is 149 Å². The van der Waals surface area contributed by atoms with Crippen molar-refractivity contribution in [3.63, 3.8) is 0 Å². The zero-order valence-corrected chi connectivity index (χ0v) is 38.0. The number of benzene rings is 3. The Labute approximate surface area is 369 Å². The molecule has 11 nitrogen and oxygen atoms in total. The van der Waals surface area contributed by atoms with E-state index in [-0.39, 0.29) is 94.2 Å². The van der Waals surface area contributed by atoms with Crippen LogP contribution in [0.25, 0.3) is 0 Å². The van der Waals surface area contributed by atoms with E-state index in [1.807, 2.05) is 13.8 Å². The second-order valence-electron chi connectivity index (χ2n) is 12.8. The van der Waals surface area contributed by atoms with Gasteiger partial charge in [-0.3, -0.25) is 4.79 Å². The van der Waals surface area contributed by atoms with Crippen LogP contribution in [-0.2, 0) is 24.0 Å². The van der Waals surface area contributed by atoms with Crippen molar-refractivity contribution in [1.82, 2.24) is 0 Å². The molecule has 0 fully saturated rings. The van der Waals surface area contributed by atoms with Crippen LogP contribution in [-0.4, -0.2) is 52.8 Å². The molecule has 2 atom stereocenters. The molecule has 0 amide bonds. The number of halogens is 6. The monoisotopic (exact) mass is 944 g/mol. The zero-order valence-electron chi connectivity index (χ0n) is 32.6. The van der Waals surface area contributed by atoms with Gasteiger partial charge in [-0.15, -0.1) is 0 Å². The normalized spacial score (nSPS) is 12.1. The van der Waals surface area contributed by atoms with Crippen molar-refractivity contribution < 1.29 is 51.3 Å². The summed E-state index contributed by atoms with van der Waals surface area (Å²) in [6.45, 7) is 10.5. The molecular formula is C40H46Cl6O11S. The summed E-state index contributed by atoms with van der Waals surface area (Å²) < 4.78 is 52.4. The summed E-state index contributed by atoms with van der Waals surface area (Å²) in [4.78, 5) is 45.8. The molecule has 3 aromatic rings. The lowest BCUT2D eigenvalue weighted by Crippen LogP contribution is -2.17. The third kappa shape index (κ3) is 15.6. The number of unbranched alkanes of at least 4 members (excludes halogenated alkanes) is 2. The maximum absolute atomic E-state index is 13.4. The average Bonchev–Trinajstić information content (AvgIpc) is 3.17. The van der Waals surface area contributed by atoms with E-state index in [2.05, 4.69) is 13.8 Å². The largest absolute Gasteiger partial charge is 0.513 e. The van der Waals surface area contributed by atoms with Crippen molar-refractivity contribution >= 4 is 104 Å². The lowest BCUT2D eigenvalue weighted by Gasteiger charge is -2.16. The lowest BCUT2D eigenvalue weighted by molar-refractivity contribution is 0.0525. The van der Waals surface area contributed by atoms with E-state index < -0.39 is 28.1 Å². The highest BCUT2D eigenvalue weighted by atomic mass is 35.5. The average molecular weight is 948 g/mol. The molecule has 0 saturated heterocycles. The summed E-state index contributed by atoms with van der Waals surface area (Å²) in [5, 5.41) is -0.646. The molecule has 18 heteroatoms. The Kier molecular flexibility index (Phi) is 22.6. The van der Waals surface area contributed by atoms with Gasteiger partial charge in [-0.25, -0.2) is 22.8 Å². The number of ether oxygens (including phenoxy) is 5. The Balaban J connectivity index is 0.000000645. The molecule has 0 N–H and O–H groups in total. The number of hydrogen-bond acceptors (Lipinski definition) is 11. The highest BCUT2D eigenvalue weighted by Gasteiger charge is 2.26. The van der Waals surface area contributed by atoms with E-state index in [1.54, 1.807) is 6.92 Å². The van der Waals surface area contributed by atoms with Gasteiger partial charge in [0.1, 0.15) is 0 Å². The third-order valence-corrected chi connectivity index (χ3v) is 12.1. The molecule has 0 aromatic heterocycles. The lowest BCUT2D eigenvalue weighted by atomic mass is 10.0.